The largest absolute Gasteiger partial charge is 0.356 e. The van der Waals surface area contributed by atoms with Crippen LogP contribution in [0.25, 0.3) is 0 Å². The van der Waals surface area contributed by atoms with Crippen LogP contribution in [0.1, 0.15) is 43.2 Å². The Labute approximate surface area is 104 Å². The first-order valence-electron chi connectivity index (χ1n) is 6.28. The lowest BCUT2D eigenvalue weighted by Crippen LogP contribution is -2.30. The fourth-order valence-corrected chi connectivity index (χ4v) is 2.05. The van der Waals surface area contributed by atoms with Gasteiger partial charge in [-0.2, -0.15) is 5.10 Å². The number of nitrogens with zero attached hydrogens (tertiary/aromatic N) is 3. The average Bonchev–Trinajstić information content (AvgIpc) is 2.60. The molecule has 17 heavy (non-hydrogen) atoms. The smallest absolute Gasteiger partial charge is 0.155 e. The van der Waals surface area contributed by atoms with Crippen molar-refractivity contribution in [2.45, 2.75) is 34.1 Å². The highest BCUT2D eigenvalue weighted by atomic mass is 16.1. The van der Waals surface area contributed by atoms with Gasteiger partial charge in [-0.05, 0) is 19.8 Å². The van der Waals surface area contributed by atoms with Gasteiger partial charge in [-0.1, -0.05) is 20.3 Å². The summed E-state index contributed by atoms with van der Waals surface area (Å²) in [6.07, 6.45) is 2.06. The molecular weight excluding hydrogens is 214 g/mol. The van der Waals surface area contributed by atoms with Gasteiger partial charge in [-0.3, -0.25) is 9.48 Å². The van der Waals surface area contributed by atoms with E-state index in [9.17, 15) is 4.79 Å². The Morgan fingerprint density at radius 1 is 1.47 bits per heavy atom. The highest BCUT2D eigenvalue weighted by Crippen LogP contribution is 2.22. The molecular formula is C13H23N3O. The third kappa shape index (κ3) is 2.87. The zero-order valence-corrected chi connectivity index (χ0v) is 11.5. The topological polar surface area (TPSA) is 38.1 Å². The maximum absolute atomic E-state index is 11.2. The molecule has 0 fully saturated rings. The van der Waals surface area contributed by atoms with Gasteiger partial charge in [0.25, 0.3) is 0 Å². The Bertz CT molecular complexity index is 384. The zero-order chi connectivity index (χ0) is 13.0. The zero-order valence-electron chi connectivity index (χ0n) is 11.5. The summed E-state index contributed by atoms with van der Waals surface area (Å²) in [5, 5.41) is 4.33. The summed E-state index contributed by atoms with van der Waals surface area (Å²) in [6.45, 7) is 10.3. The molecule has 1 aromatic rings. The van der Waals surface area contributed by atoms with Gasteiger partial charge < -0.3 is 4.90 Å². The van der Waals surface area contributed by atoms with Gasteiger partial charge in [0.05, 0.1) is 11.3 Å². The van der Waals surface area contributed by atoms with Gasteiger partial charge in [0, 0.05) is 20.1 Å². The summed E-state index contributed by atoms with van der Waals surface area (Å²) >= 11 is 0. The summed E-state index contributed by atoms with van der Waals surface area (Å²) in [6, 6.07) is 0. The molecule has 0 radical (unpaired) electrons. The predicted molar refractivity (Wildman–Crippen MR) is 70.7 cm³/mol. The fourth-order valence-electron chi connectivity index (χ4n) is 2.05. The molecule has 0 aromatic carbocycles. The van der Waals surface area contributed by atoms with Crippen LogP contribution in [0.5, 0.6) is 0 Å². The molecule has 0 aliphatic carbocycles. The van der Waals surface area contributed by atoms with Crippen LogP contribution in [-0.4, -0.2) is 29.2 Å². The van der Waals surface area contributed by atoms with E-state index in [2.05, 4.69) is 30.8 Å². The standard InChI is InChI=1S/C13H23N3O/c1-6-10(3)8-16(7-2)13-12(9-17)11(4)14-15(13)5/h9-10H,6-8H2,1-5H3. The Kier molecular flexibility index (Phi) is 4.73. The van der Waals surface area contributed by atoms with E-state index in [1.165, 1.54) is 0 Å². The van der Waals surface area contributed by atoms with E-state index in [1.54, 1.807) is 0 Å². The number of carbonyl (C=O) groups excluding carboxylic acids is 1. The van der Waals surface area contributed by atoms with E-state index < -0.39 is 0 Å². The third-order valence-corrected chi connectivity index (χ3v) is 3.27. The lowest BCUT2D eigenvalue weighted by atomic mass is 10.1. The number of aldehydes is 1. The number of carbonyl (C=O) groups is 1. The maximum Gasteiger partial charge on any atom is 0.155 e. The van der Waals surface area contributed by atoms with Crippen LogP contribution in [0.4, 0.5) is 5.82 Å². The summed E-state index contributed by atoms with van der Waals surface area (Å²) in [5.74, 6) is 1.56. The molecule has 4 nitrogen and oxygen atoms in total. The molecule has 0 saturated heterocycles. The van der Waals surface area contributed by atoms with Gasteiger partial charge >= 0.3 is 0 Å². The minimum Gasteiger partial charge on any atom is -0.356 e. The molecule has 1 rings (SSSR count). The SMILES string of the molecule is CCC(C)CN(CC)c1c(C=O)c(C)nn1C. The maximum atomic E-state index is 11.2. The first-order chi connectivity index (χ1) is 8.04. The van der Waals surface area contributed by atoms with Crippen molar-refractivity contribution in [1.29, 1.82) is 0 Å². The number of aryl methyl sites for hydroxylation is 2. The van der Waals surface area contributed by atoms with Crippen molar-refractivity contribution in [2.75, 3.05) is 18.0 Å². The quantitative estimate of drug-likeness (QED) is 0.713. The minimum absolute atomic E-state index is 0.615. The molecule has 1 unspecified atom stereocenters. The number of hydrogen-bond acceptors (Lipinski definition) is 3. The van der Waals surface area contributed by atoms with Crippen molar-refractivity contribution >= 4 is 12.1 Å². The first kappa shape index (κ1) is 13.7. The molecule has 0 spiro atoms. The van der Waals surface area contributed by atoms with Gasteiger partial charge in [-0.25, -0.2) is 0 Å². The second-order valence-corrected chi connectivity index (χ2v) is 4.62. The summed E-state index contributed by atoms with van der Waals surface area (Å²) in [5.41, 5.74) is 1.53. The third-order valence-electron chi connectivity index (χ3n) is 3.27. The molecule has 0 bridgehead atoms. The number of rotatable bonds is 6. The monoisotopic (exact) mass is 237 g/mol. The van der Waals surface area contributed by atoms with Gasteiger partial charge in [0.2, 0.25) is 0 Å². The van der Waals surface area contributed by atoms with Crippen molar-refractivity contribution in [3.05, 3.63) is 11.3 Å². The first-order valence-corrected chi connectivity index (χ1v) is 6.28. The molecule has 96 valence electrons. The van der Waals surface area contributed by atoms with Crippen molar-refractivity contribution in [3.8, 4) is 0 Å². The lowest BCUT2D eigenvalue weighted by Gasteiger charge is -2.26. The predicted octanol–water partition coefficient (Wildman–Crippen LogP) is 2.41. The Morgan fingerprint density at radius 2 is 2.12 bits per heavy atom. The van der Waals surface area contributed by atoms with Crippen LogP contribution in [0.2, 0.25) is 0 Å². The van der Waals surface area contributed by atoms with Crippen molar-refractivity contribution < 1.29 is 4.79 Å². The van der Waals surface area contributed by atoms with Crippen LogP contribution in [0.3, 0.4) is 0 Å². The average molecular weight is 237 g/mol. The van der Waals surface area contributed by atoms with E-state index >= 15 is 0 Å². The van der Waals surface area contributed by atoms with E-state index in [-0.39, 0.29) is 0 Å². The van der Waals surface area contributed by atoms with Gasteiger partial charge in [0.15, 0.2) is 6.29 Å². The second-order valence-electron chi connectivity index (χ2n) is 4.62. The second kappa shape index (κ2) is 5.84. The van der Waals surface area contributed by atoms with E-state index in [0.717, 1.165) is 42.9 Å². The highest BCUT2D eigenvalue weighted by Gasteiger charge is 2.19. The number of hydrogen-bond donors (Lipinski definition) is 0. The highest BCUT2D eigenvalue weighted by molar-refractivity contribution is 5.84. The number of anilines is 1. The Hall–Kier alpha value is -1.32. The normalized spacial score (nSPS) is 12.5. The molecule has 1 aromatic heterocycles. The molecule has 0 amide bonds. The van der Waals surface area contributed by atoms with E-state index in [0.29, 0.717) is 5.92 Å². The number of aromatic nitrogens is 2. The molecule has 1 heterocycles. The van der Waals surface area contributed by atoms with E-state index in [4.69, 9.17) is 0 Å². The van der Waals surface area contributed by atoms with Crippen molar-refractivity contribution in [2.24, 2.45) is 13.0 Å². The lowest BCUT2D eigenvalue weighted by molar-refractivity contribution is 0.112. The summed E-state index contributed by atoms with van der Waals surface area (Å²) in [4.78, 5) is 13.4. The molecule has 0 aliphatic heterocycles. The van der Waals surface area contributed by atoms with Crippen LogP contribution >= 0.6 is 0 Å². The molecule has 4 heteroatoms. The van der Waals surface area contributed by atoms with E-state index in [1.807, 2.05) is 18.7 Å². The Morgan fingerprint density at radius 3 is 2.59 bits per heavy atom. The molecule has 0 N–H and O–H groups in total. The van der Waals surface area contributed by atoms with Crippen molar-refractivity contribution in [1.82, 2.24) is 9.78 Å². The molecule has 1 atom stereocenters. The van der Waals surface area contributed by atoms with Crippen LogP contribution in [0, 0.1) is 12.8 Å². The molecule has 0 aliphatic rings. The van der Waals surface area contributed by atoms with Crippen LogP contribution in [-0.2, 0) is 7.05 Å². The fraction of sp³-hybridized carbons (Fsp3) is 0.692. The molecule has 0 saturated carbocycles. The van der Waals surface area contributed by atoms with Crippen LogP contribution in [0.15, 0.2) is 0 Å². The minimum atomic E-state index is 0.615. The summed E-state index contributed by atoms with van der Waals surface area (Å²) < 4.78 is 1.81. The van der Waals surface area contributed by atoms with Crippen molar-refractivity contribution in [3.63, 3.8) is 0 Å². The van der Waals surface area contributed by atoms with Gasteiger partial charge in [0.1, 0.15) is 5.82 Å². The van der Waals surface area contributed by atoms with Crippen LogP contribution < -0.4 is 4.90 Å². The summed E-state index contributed by atoms with van der Waals surface area (Å²) in [7, 11) is 1.90. The van der Waals surface area contributed by atoms with Gasteiger partial charge in [-0.15, -0.1) is 0 Å². The Balaban J connectivity index is 3.06.